The molecule has 0 saturated carbocycles. The Labute approximate surface area is 120 Å². The first-order valence-corrected chi connectivity index (χ1v) is 7.11. The standard InChI is InChI=1S/C16H22N4/c1-4-5-10-17-15-11-13(3)18-16(20-15)19-14-9-7-6-8-12(14)2/h6-9,11H,4-5,10H2,1-3H3,(H2,17,18,19,20). The fourth-order valence-electron chi connectivity index (χ4n) is 1.94. The molecule has 0 aliphatic rings. The van der Waals surface area contributed by atoms with Crippen LogP contribution in [0.1, 0.15) is 31.0 Å². The lowest BCUT2D eigenvalue weighted by Crippen LogP contribution is -2.06. The molecule has 0 amide bonds. The van der Waals surface area contributed by atoms with E-state index in [1.54, 1.807) is 0 Å². The van der Waals surface area contributed by atoms with Crippen molar-refractivity contribution in [1.82, 2.24) is 9.97 Å². The molecule has 0 aliphatic heterocycles. The van der Waals surface area contributed by atoms with Crippen molar-refractivity contribution in [3.63, 3.8) is 0 Å². The van der Waals surface area contributed by atoms with Gasteiger partial charge in [0.2, 0.25) is 5.95 Å². The SMILES string of the molecule is CCCCNc1cc(C)nc(Nc2ccccc2C)n1. The van der Waals surface area contributed by atoms with E-state index in [1.165, 1.54) is 12.0 Å². The zero-order chi connectivity index (χ0) is 14.4. The first-order chi connectivity index (χ1) is 9.69. The highest BCUT2D eigenvalue weighted by molar-refractivity contribution is 5.59. The summed E-state index contributed by atoms with van der Waals surface area (Å²) in [5, 5.41) is 6.62. The average Bonchev–Trinajstić information content (AvgIpc) is 2.41. The lowest BCUT2D eigenvalue weighted by molar-refractivity contribution is 0.830. The molecule has 20 heavy (non-hydrogen) atoms. The van der Waals surface area contributed by atoms with Crippen molar-refractivity contribution in [3.8, 4) is 0 Å². The Bertz CT molecular complexity index is 566. The van der Waals surface area contributed by atoms with E-state index < -0.39 is 0 Å². The molecule has 0 bridgehead atoms. The van der Waals surface area contributed by atoms with E-state index in [4.69, 9.17) is 0 Å². The Morgan fingerprint density at radius 1 is 1.10 bits per heavy atom. The smallest absolute Gasteiger partial charge is 0.229 e. The molecule has 0 spiro atoms. The van der Waals surface area contributed by atoms with Crippen LogP contribution in [0, 0.1) is 13.8 Å². The summed E-state index contributed by atoms with van der Waals surface area (Å²) >= 11 is 0. The van der Waals surface area contributed by atoms with Gasteiger partial charge in [0.1, 0.15) is 5.82 Å². The summed E-state index contributed by atoms with van der Waals surface area (Å²) < 4.78 is 0. The van der Waals surface area contributed by atoms with E-state index in [0.717, 1.165) is 30.2 Å². The predicted octanol–water partition coefficient (Wildman–Crippen LogP) is 4.05. The van der Waals surface area contributed by atoms with Crippen molar-refractivity contribution < 1.29 is 0 Å². The zero-order valence-electron chi connectivity index (χ0n) is 12.4. The fourth-order valence-corrected chi connectivity index (χ4v) is 1.94. The van der Waals surface area contributed by atoms with Gasteiger partial charge in [-0.1, -0.05) is 31.5 Å². The van der Waals surface area contributed by atoms with E-state index in [2.05, 4.69) is 40.5 Å². The zero-order valence-corrected chi connectivity index (χ0v) is 12.4. The third-order valence-corrected chi connectivity index (χ3v) is 3.08. The summed E-state index contributed by atoms with van der Waals surface area (Å²) in [5.41, 5.74) is 3.17. The predicted molar refractivity (Wildman–Crippen MR) is 84.6 cm³/mol. The van der Waals surface area contributed by atoms with Gasteiger partial charge in [0.05, 0.1) is 0 Å². The third-order valence-electron chi connectivity index (χ3n) is 3.08. The molecule has 0 radical (unpaired) electrons. The summed E-state index contributed by atoms with van der Waals surface area (Å²) in [4.78, 5) is 8.94. The summed E-state index contributed by atoms with van der Waals surface area (Å²) in [6.07, 6.45) is 2.31. The van der Waals surface area contributed by atoms with Crippen LogP contribution in [0.15, 0.2) is 30.3 Å². The second-order valence-electron chi connectivity index (χ2n) is 4.94. The Morgan fingerprint density at radius 3 is 2.65 bits per heavy atom. The molecule has 0 aliphatic carbocycles. The van der Waals surface area contributed by atoms with Gasteiger partial charge in [0.25, 0.3) is 0 Å². The molecule has 0 saturated heterocycles. The van der Waals surface area contributed by atoms with Crippen LogP contribution in [0.3, 0.4) is 0 Å². The molecule has 1 aromatic heterocycles. The maximum absolute atomic E-state index is 4.51. The highest BCUT2D eigenvalue weighted by atomic mass is 15.1. The van der Waals surface area contributed by atoms with Crippen LogP contribution in [0.5, 0.6) is 0 Å². The Morgan fingerprint density at radius 2 is 1.90 bits per heavy atom. The van der Waals surface area contributed by atoms with Crippen LogP contribution in [-0.4, -0.2) is 16.5 Å². The van der Waals surface area contributed by atoms with E-state index in [1.807, 2.05) is 31.2 Å². The maximum atomic E-state index is 4.51. The molecule has 4 nitrogen and oxygen atoms in total. The van der Waals surface area contributed by atoms with Crippen molar-refractivity contribution in [2.75, 3.05) is 17.2 Å². The molecular formula is C16H22N4. The number of benzene rings is 1. The molecule has 0 unspecified atom stereocenters. The molecule has 106 valence electrons. The average molecular weight is 270 g/mol. The second kappa shape index (κ2) is 6.89. The molecule has 2 rings (SSSR count). The molecule has 0 fully saturated rings. The lowest BCUT2D eigenvalue weighted by Gasteiger charge is -2.11. The van der Waals surface area contributed by atoms with Gasteiger partial charge in [-0.25, -0.2) is 4.98 Å². The van der Waals surface area contributed by atoms with Crippen LogP contribution < -0.4 is 10.6 Å². The number of nitrogens with one attached hydrogen (secondary N) is 2. The molecule has 0 atom stereocenters. The lowest BCUT2D eigenvalue weighted by atomic mass is 10.2. The minimum atomic E-state index is 0.637. The fraction of sp³-hybridized carbons (Fsp3) is 0.375. The number of aryl methyl sites for hydroxylation is 2. The summed E-state index contributed by atoms with van der Waals surface area (Å²) in [6, 6.07) is 10.1. The largest absolute Gasteiger partial charge is 0.370 e. The minimum Gasteiger partial charge on any atom is -0.370 e. The number of unbranched alkanes of at least 4 members (excludes halogenated alkanes) is 1. The van der Waals surface area contributed by atoms with Crippen molar-refractivity contribution in [1.29, 1.82) is 0 Å². The highest BCUT2D eigenvalue weighted by Gasteiger charge is 2.04. The summed E-state index contributed by atoms with van der Waals surface area (Å²) in [7, 11) is 0. The van der Waals surface area contributed by atoms with Gasteiger partial charge in [-0.2, -0.15) is 4.98 Å². The Kier molecular flexibility index (Phi) is 4.93. The molecular weight excluding hydrogens is 248 g/mol. The van der Waals surface area contributed by atoms with Crippen LogP contribution >= 0.6 is 0 Å². The number of hydrogen-bond donors (Lipinski definition) is 2. The van der Waals surface area contributed by atoms with Gasteiger partial charge in [-0.05, 0) is 31.9 Å². The number of aromatic nitrogens is 2. The second-order valence-corrected chi connectivity index (χ2v) is 4.94. The Balaban J connectivity index is 2.13. The van der Waals surface area contributed by atoms with Gasteiger partial charge < -0.3 is 10.6 Å². The molecule has 4 heteroatoms. The van der Waals surface area contributed by atoms with Gasteiger partial charge in [0, 0.05) is 24.0 Å². The molecule has 2 aromatic rings. The van der Waals surface area contributed by atoms with Crippen molar-refractivity contribution in [3.05, 3.63) is 41.6 Å². The van der Waals surface area contributed by atoms with Gasteiger partial charge in [-0.3, -0.25) is 0 Å². The van der Waals surface area contributed by atoms with E-state index in [-0.39, 0.29) is 0 Å². The van der Waals surface area contributed by atoms with E-state index >= 15 is 0 Å². The summed E-state index contributed by atoms with van der Waals surface area (Å²) in [5.74, 6) is 1.51. The van der Waals surface area contributed by atoms with Gasteiger partial charge >= 0.3 is 0 Å². The minimum absolute atomic E-state index is 0.637. The quantitative estimate of drug-likeness (QED) is 0.777. The number of rotatable bonds is 6. The van der Waals surface area contributed by atoms with Gasteiger partial charge in [0.15, 0.2) is 0 Å². The monoisotopic (exact) mass is 270 g/mol. The highest BCUT2D eigenvalue weighted by Crippen LogP contribution is 2.19. The Hall–Kier alpha value is -2.10. The first-order valence-electron chi connectivity index (χ1n) is 7.11. The van der Waals surface area contributed by atoms with Crippen LogP contribution in [-0.2, 0) is 0 Å². The van der Waals surface area contributed by atoms with Crippen LogP contribution in [0.2, 0.25) is 0 Å². The van der Waals surface area contributed by atoms with Crippen LogP contribution in [0.4, 0.5) is 17.5 Å². The number of anilines is 3. The van der Waals surface area contributed by atoms with Crippen LogP contribution in [0.25, 0.3) is 0 Å². The topological polar surface area (TPSA) is 49.8 Å². The van der Waals surface area contributed by atoms with Gasteiger partial charge in [-0.15, -0.1) is 0 Å². The number of para-hydroxylation sites is 1. The molecule has 1 heterocycles. The number of nitrogens with zero attached hydrogens (tertiary/aromatic N) is 2. The normalized spacial score (nSPS) is 10.3. The first kappa shape index (κ1) is 14.3. The van der Waals surface area contributed by atoms with E-state index in [9.17, 15) is 0 Å². The van der Waals surface area contributed by atoms with Crippen molar-refractivity contribution in [2.45, 2.75) is 33.6 Å². The molecule has 2 N–H and O–H groups in total. The number of hydrogen-bond acceptors (Lipinski definition) is 4. The van der Waals surface area contributed by atoms with E-state index in [0.29, 0.717) is 5.95 Å². The van der Waals surface area contributed by atoms with Crippen molar-refractivity contribution in [2.24, 2.45) is 0 Å². The maximum Gasteiger partial charge on any atom is 0.229 e. The molecule has 1 aromatic carbocycles. The van der Waals surface area contributed by atoms with Crippen molar-refractivity contribution >= 4 is 17.5 Å². The summed E-state index contributed by atoms with van der Waals surface area (Å²) in [6.45, 7) is 7.17. The third kappa shape index (κ3) is 3.95.